The number of rotatable bonds is 5. The molecule has 1 aliphatic carbocycles. The van der Waals surface area contributed by atoms with Crippen molar-refractivity contribution in [3.8, 4) is 5.75 Å². The number of benzene rings is 1. The monoisotopic (exact) mass is 258 g/mol. The third-order valence-electron chi connectivity index (χ3n) is 2.75. The lowest BCUT2D eigenvalue weighted by Gasteiger charge is -2.19. The molecule has 1 fully saturated rings. The van der Waals surface area contributed by atoms with Gasteiger partial charge in [-0.15, -0.1) is 8.78 Å². The second-order valence-electron chi connectivity index (χ2n) is 4.07. The Labute approximate surface area is 102 Å². The molecule has 1 aromatic carbocycles. The minimum absolute atomic E-state index is 0.0898. The zero-order valence-electron chi connectivity index (χ0n) is 9.65. The molecule has 0 atom stereocenters. The summed E-state index contributed by atoms with van der Waals surface area (Å²) in [7, 11) is 0.792. The van der Waals surface area contributed by atoms with E-state index in [1.807, 2.05) is 0 Å². The van der Waals surface area contributed by atoms with Gasteiger partial charge >= 0.3 is 12.3 Å². The highest BCUT2D eigenvalue weighted by Gasteiger charge is 2.37. The van der Waals surface area contributed by atoms with Gasteiger partial charge in [-0.3, -0.25) is 4.74 Å². The van der Waals surface area contributed by atoms with Gasteiger partial charge in [0.2, 0.25) is 0 Å². The van der Waals surface area contributed by atoms with Crippen molar-refractivity contribution < 1.29 is 28.2 Å². The molecule has 0 amide bonds. The number of methoxy groups -OCH3 is 1. The first kappa shape index (κ1) is 12.8. The average molecular weight is 258 g/mol. The van der Waals surface area contributed by atoms with Gasteiger partial charge in [-0.2, -0.15) is 0 Å². The third-order valence-corrected chi connectivity index (χ3v) is 2.75. The molecule has 0 aromatic heterocycles. The fourth-order valence-electron chi connectivity index (χ4n) is 1.71. The molecule has 1 N–H and O–H groups in total. The van der Waals surface area contributed by atoms with Crippen molar-refractivity contribution in [1.82, 2.24) is 0 Å². The van der Waals surface area contributed by atoms with Gasteiger partial charge in [0.15, 0.2) is 0 Å². The highest BCUT2D eigenvalue weighted by molar-refractivity contribution is 5.91. The number of aromatic carboxylic acids is 1. The number of para-hydroxylation sites is 1. The van der Waals surface area contributed by atoms with Crippen LogP contribution < -0.4 is 4.74 Å². The van der Waals surface area contributed by atoms with E-state index in [0.29, 0.717) is 5.56 Å². The summed E-state index contributed by atoms with van der Waals surface area (Å²) in [4.78, 5) is 11.0. The summed E-state index contributed by atoms with van der Waals surface area (Å²) in [5.74, 6) is -1.52. The quantitative estimate of drug-likeness (QED) is 0.825. The van der Waals surface area contributed by atoms with E-state index in [1.165, 1.54) is 12.1 Å². The van der Waals surface area contributed by atoms with Crippen LogP contribution in [0.4, 0.5) is 8.78 Å². The number of halogens is 2. The number of carboxylic acids is 1. The van der Waals surface area contributed by atoms with Crippen LogP contribution in [-0.2, 0) is 4.74 Å². The molecule has 0 heterocycles. The van der Waals surface area contributed by atoms with Crippen LogP contribution in [-0.4, -0.2) is 24.5 Å². The Morgan fingerprint density at radius 2 is 2.11 bits per heavy atom. The summed E-state index contributed by atoms with van der Waals surface area (Å²) in [6, 6.07) is 4.36. The summed E-state index contributed by atoms with van der Waals surface area (Å²) in [6.45, 7) is 0. The maximum atomic E-state index is 13.1. The molecule has 2 rings (SSSR count). The predicted molar refractivity (Wildman–Crippen MR) is 58.0 cm³/mol. The molecule has 6 heteroatoms. The molecule has 0 radical (unpaired) electrons. The van der Waals surface area contributed by atoms with Crippen LogP contribution in [0.2, 0.25) is 0 Å². The summed E-state index contributed by atoms with van der Waals surface area (Å²) >= 11 is 0. The first-order valence-electron chi connectivity index (χ1n) is 5.43. The van der Waals surface area contributed by atoms with E-state index < -0.39 is 12.3 Å². The van der Waals surface area contributed by atoms with Gasteiger partial charge in [0, 0.05) is 7.11 Å². The van der Waals surface area contributed by atoms with E-state index in [1.54, 1.807) is 6.07 Å². The second kappa shape index (κ2) is 4.53. The fourth-order valence-corrected chi connectivity index (χ4v) is 1.71. The zero-order valence-corrected chi connectivity index (χ0v) is 9.65. The number of hydrogen-bond donors (Lipinski definition) is 1. The normalized spacial score (nSPS) is 15.5. The number of carboxylic acid groups (broad SMARTS) is 1. The van der Waals surface area contributed by atoms with E-state index in [-0.39, 0.29) is 17.2 Å². The van der Waals surface area contributed by atoms with Crippen molar-refractivity contribution in [2.45, 2.75) is 25.1 Å². The molecule has 98 valence electrons. The fraction of sp³-hybridized carbons (Fsp3) is 0.417. The Bertz CT molecular complexity index is 469. The molecule has 0 spiro atoms. The molecule has 4 nitrogen and oxygen atoms in total. The van der Waals surface area contributed by atoms with Gasteiger partial charge in [0.05, 0.1) is 0 Å². The van der Waals surface area contributed by atoms with Crippen molar-refractivity contribution >= 4 is 5.97 Å². The van der Waals surface area contributed by atoms with E-state index in [9.17, 15) is 13.6 Å². The zero-order chi connectivity index (χ0) is 13.3. The Hall–Kier alpha value is -1.69. The Morgan fingerprint density at radius 3 is 2.61 bits per heavy atom. The SMILES string of the molecule is COC(F)(F)Oc1c(C(=O)O)cccc1C1CC1. The van der Waals surface area contributed by atoms with Crippen LogP contribution >= 0.6 is 0 Å². The van der Waals surface area contributed by atoms with Crippen molar-refractivity contribution in [2.75, 3.05) is 7.11 Å². The summed E-state index contributed by atoms with van der Waals surface area (Å²) in [5, 5.41) is 9.00. The summed E-state index contributed by atoms with van der Waals surface area (Å²) in [6.07, 6.45) is -2.15. The number of alkyl halides is 2. The van der Waals surface area contributed by atoms with Gasteiger partial charge in [-0.05, 0) is 30.4 Å². The van der Waals surface area contributed by atoms with E-state index in [4.69, 9.17) is 5.11 Å². The van der Waals surface area contributed by atoms with Gasteiger partial charge in [-0.1, -0.05) is 12.1 Å². The van der Waals surface area contributed by atoms with Crippen LogP contribution in [0.3, 0.4) is 0 Å². The van der Waals surface area contributed by atoms with E-state index >= 15 is 0 Å². The van der Waals surface area contributed by atoms with Crippen molar-refractivity contribution in [1.29, 1.82) is 0 Å². The average Bonchev–Trinajstić information content (AvgIpc) is 3.12. The summed E-state index contributed by atoms with van der Waals surface area (Å²) in [5.41, 5.74) is 0.211. The Morgan fingerprint density at radius 1 is 1.44 bits per heavy atom. The smallest absolute Gasteiger partial charge is 0.478 e. The van der Waals surface area contributed by atoms with Crippen molar-refractivity contribution in [3.63, 3.8) is 0 Å². The molecule has 1 aliphatic rings. The minimum Gasteiger partial charge on any atom is -0.478 e. The maximum absolute atomic E-state index is 13.1. The number of ether oxygens (including phenoxy) is 2. The van der Waals surface area contributed by atoms with Gasteiger partial charge in [0.25, 0.3) is 0 Å². The summed E-state index contributed by atoms with van der Waals surface area (Å²) < 4.78 is 34.5. The first-order valence-corrected chi connectivity index (χ1v) is 5.43. The van der Waals surface area contributed by atoms with Crippen LogP contribution in [0, 0.1) is 0 Å². The topological polar surface area (TPSA) is 55.8 Å². The minimum atomic E-state index is -3.84. The molecule has 0 bridgehead atoms. The van der Waals surface area contributed by atoms with Gasteiger partial charge in [-0.25, -0.2) is 4.79 Å². The predicted octanol–water partition coefficient (Wildman–Crippen LogP) is 2.84. The molecule has 1 saturated carbocycles. The van der Waals surface area contributed by atoms with Crippen molar-refractivity contribution in [2.24, 2.45) is 0 Å². The molecule has 18 heavy (non-hydrogen) atoms. The van der Waals surface area contributed by atoms with Crippen LogP contribution in [0.5, 0.6) is 5.75 Å². The van der Waals surface area contributed by atoms with E-state index in [0.717, 1.165) is 20.0 Å². The number of hydrogen-bond acceptors (Lipinski definition) is 3. The molecule has 0 saturated heterocycles. The van der Waals surface area contributed by atoms with Gasteiger partial charge < -0.3 is 9.84 Å². The Kier molecular flexibility index (Phi) is 3.21. The van der Waals surface area contributed by atoms with Crippen molar-refractivity contribution in [3.05, 3.63) is 29.3 Å². The molecule has 0 unspecified atom stereocenters. The Balaban J connectivity index is 2.43. The lowest BCUT2D eigenvalue weighted by atomic mass is 10.1. The highest BCUT2D eigenvalue weighted by Crippen LogP contribution is 2.46. The van der Waals surface area contributed by atoms with E-state index in [2.05, 4.69) is 9.47 Å². The van der Waals surface area contributed by atoms with Crippen LogP contribution in [0.25, 0.3) is 0 Å². The van der Waals surface area contributed by atoms with Crippen LogP contribution in [0.1, 0.15) is 34.7 Å². The lowest BCUT2D eigenvalue weighted by molar-refractivity contribution is -0.342. The lowest BCUT2D eigenvalue weighted by Crippen LogP contribution is -2.28. The number of carbonyl (C=O) groups is 1. The largest absolute Gasteiger partial charge is 0.535 e. The van der Waals surface area contributed by atoms with Gasteiger partial charge in [0.1, 0.15) is 11.3 Å². The van der Waals surface area contributed by atoms with Crippen LogP contribution in [0.15, 0.2) is 18.2 Å². The first-order chi connectivity index (χ1) is 8.44. The highest BCUT2D eigenvalue weighted by atomic mass is 19.3. The second-order valence-corrected chi connectivity index (χ2v) is 4.07. The maximum Gasteiger partial charge on any atom is 0.535 e. The molecular weight excluding hydrogens is 246 g/mol. The molecule has 1 aromatic rings. The molecule has 0 aliphatic heterocycles. The third kappa shape index (κ3) is 2.59. The standard InChI is InChI=1S/C12H12F2O4/c1-17-12(13,14)18-10-8(7-5-6-7)3-2-4-9(10)11(15)16/h2-4,7H,5-6H2,1H3,(H,15,16). The molecular formula is C12H12F2O4.